The number of piperidine rings is 1. The van der Waals surface area contributed by atoms with Crippen molar-refractivity contribution in [2.45, 2.75) is 68.7 Å². The Balaban J connectivity index is 1.44. The fourth-order valence-electron chi connectivity index (χ4n) is 3.69. The molecule has 0 bridgehead atoms. The van der Waals surface area contributed by atoms with Crippen LogP contribution in [0.1, 0.15) is 53.4 Å². The SMILES string of the molecule is CC1=CN=C(Nc2cccc(SN3CCCCC3)c2)N=C(Nc2cccc(SNC(C)(C)C)c2)C1. The van der Waals surface area contributed by atoms with Crippen molar-refractivity contribution in [1.29, 1.82) is 0 Å². The Labute approximate surface area is 218 Å². The first-order chi connectivity index (χ1) is 16.8. The van der Waals surface area contributed by atoms with Crippen LogP contribution in [0.15, 0.2) is 80.1 Å². The maximum Gasteiger partial charge on any atom is 0.228 e. The molecule has 2 aliphatic rings. The maximum atomic E-state index is 4.83. The third-order valence-corrected chi connectivity index (χ3v) is 7.62. The minimum atomic E-state index is 0.0437. The van der Waals surface area contributed by atoms with Crippen molar-refractivity contribution in [3.63, 3.8) is 0 Å². The molecule has 0 spiro atoms. The molecule has 2 heterocycles. The summed E-state index contributed by atoms with van der Waals surface area (Å²) in [7, 11) is 0. The first-order valence-corrected chi connectivity index (χ1v) is 13.8. The number of guanidine groups is 1. The van der Waals surface area contributed by atoms with Crippen molar-refractivity contribution < 1.29 is 0 Å². The molecule has 186 valence electrons. The fraction of sp³-hybridized carbons (Fsp3) is 0.407. The van der Waals surface area contributed by atoms with E-state index in [2.05, 4.69) is 101 Å². The predicted octanol–water partition coefficient (Wildman–Crippen LogP) is 7.16. The molecule has 0 unspecified atom stereocenters. The molecular weight excluding hydrogens is 472 g/mol. The normalized spacial score (nSPS) is 17.2. The molecule has 4 rings (SSSR count). The standard InChI is InChI=1S/C27H36N6S2/c1-20-16-25(29-21-10-8-12-23(17-21)34-32-27(2,3)4)31-26(28-19-20)30-22-11-9-13-24(18-22)35-33-14-6-5-7-15-33/h8-13,17-19,32H,5-7,14-16H2,1-4H3,(H2,28,29,30,31). The van der Waals surface area contributed by atoms with Gasteiger partial charge >= 0.3 is 0 Å². The molecule has 2 aliphatic heterocycles. The molecule has 0 radical (unpaired) electrons. The molecule has 35 heavy (non-hydrogen) atoms. The third-order valence-electron chi connectivity index (χ3n) is 5.33. The second-order valence-corrected chi connectivity index (χ2v) is 12.1. The highest BCUT2D eigenvalue weighted by Gasteiger charge is 2.13. The Morgan fingerprint density at radius 3 is 2.31 bits per heavy atom. The molecule has 8 heteroatoms. The van der Waals surface area contributed by atoms with Gasteiger partial charge in [-0.2, -0.15) is 4.99 Å². The van der Waals surface area contributed by atoms with Crippen LogP contribution in [0.25, 0.3) is 0 Å². The van der Waals surface area contributed by atoms with E-state index in [-0.39, 0.29) is 5.54 Å². The van der Waals surface area contributed by atoms with Crippen LogP contribution in [0.3, 0.4) is 0 Å². The second-order valence-electron chi connectivity index (χ2n) is 10.0. The van der Waals surface area contributed by atoms with Crippen LogP contribution in [-0.4, -0.2) is 34.7 Å². The average molecular weight is 509 g/mol. The number of amidine groups is 1. The van der Waals surface area contributed by atoms with Gasteiger partial charge in [-0.15, -0.1) is 0 Å². The fourth-order valence-corrected chi connectivity index (χ4v) is 5.51. The van der Waals surface area contributed by atoms with E-state index in [9.17, 15) is 0 Å². The van der Waals surface area contributed by atoms with Crippen LogP contribution in [0.2, 0.25) is 0 Å². The van der Waals surface area contributed by atoms with Crippen LogP contribution < -0.4 is 15.4 Å². The molecular formula is C27H36N6S2. The highest BCUT2D eigenvalue weighted by molar-refractivity contribution is 7.97. The lowest BCUT2D eigenvalue weighted by molar-refractivity contribution is 0.380. The van der Waals surface area contributed by atoms with Gasteiger partial charge in [0, 0.05) is 52.4 Å². The van der Waals surface area contributed by atoms with Gasteiger partial charge in [0.2, 0.25) is 5.96 Å². The Bertz CT molecular complexity index is 1100. The molecule has 6 nitrogen and oxygen atoms in total. The van der Waals surface area contributed by atoms with Crippen molar-refractivity contribution in [1.82, 2.24) is 9.03 Å². The van der Waals surface area contributed by atoms with E-state index >= 15 is 0 Å². The van der Waals surface area contributed by atoms with E-state index in [1.807, 2.05) is 18.1 Å². The van der Waals surface area contributed by atoms with E-state index in [1.54, 1.807) is 11.9 Å². The second kappa shape index (κ2) is 12.1. The minimum Gasteiger partial charge on any atom is -0.343 e. The summed E-state index contributed by atoms with van der Waals surface area (Å²) in [5, 5.41) is 6.92. The summed E-state index contributed by atoms with van der Waals surface area (Å²) in [4.78, 5) is 11.8. The molecule has 0 amide bonds. The first kappa shape index (κ1) is 25.8. The number of nitrogens with one attached hydrogen (secondary N) is 3. The zero-order valence-electron chi connectivity index (χ0n) is 21.1. The number of hydrogen-bond donors (Lipinski definition) is 3. The molecule has 2 aromatic carbocycles. The number of benzene rings is 2. The number of anilines is 2. The summed E-state index contributed by atoms with van der Waals surface area (Å²) in [5.41, 5.74) is 3.21. The van der Waals surface area contributed by atoms with Gasteiger partial charge in [0.05, 0.1) is 0 Å². The summed E-state index contributed by atoms with van der Waals surface area (Å²) in [5.74, 6) is 1.46. The van der Waals surface area contributed by atoms with Gasteiger partial charge in [-0.1, -0.05) is 18.6 Å². The molecule has 2 aromatic rings. The number of hydrogen-bond acceptors (Lipinski definition) is 8. The van der Waals surface area contributed by atoms with E-state index < -0.39 is 0 Å². The van der Waals surface area contributed by atoms with Gasteiger partial charge in [0.1, 0.15) is 5.84 Å². The van der Waals surface area contributed by atoms with Crippen molar-refractivity contribution in [2.75, 3.05) is 23.7 Å². The predicted molar refractivity (Wildman–Crippen MR) is 153 cm³/mol. The van der Waals surface area contributed by atoms with Gasteiger partial charge in [-0.3, -0.25) is 4.72 Å². The molecule has 0 aliphatic carbocycles. The molecule has 0 atom stereocenters. The summed E-state index contributed by atoms with van der Waals surface area (Å²) < 4.78 is 5.93. The van der Waals surface area contributed by atoms with Crippen LogP contribution in [0, 0.1) is 0 Å². The number of nitrogens with zero attached hydrogens (tertiary/aromatic N) is 3. The monoisotopic (exact) mass is 508 g/mol. The summed E-state index contributed by atoms with van der Waals surface area (Å²) in [6, 6.07) is 16.9. The van der Waals surface area contributed by atoms with Gasteiger partial charge in [0.15, 0.2) is 0 Å². The summed E-state index contributed by atoms with van der Waals surface area (Å²) in [6.07, 6.45) is 6.53. The first-order valence-electron chi connectivity index (χ1n) is 12.2. The highest BCUT2D eigenvalue weighted by Crippen LogP contribution is 2.28. The van der Waals surface area contributed by atoms with Crippen molar-refractivity contribution in [3.05, 3.63) is 60.3 Å². The van der Waals surface area contributed by atoms with E-state index in [4.69, 9.17) is 4.99 Å². The smallest absolute Gasteiger partial charge is 0.228 e. The average Bonchev–Trinajstić information content (AvgIpc) is 2.99. The lowest BCUT2D eigenvalue weighted by Crippen LogP contribution is -2.29. The Kier molecular flexibility index (Phi) is 8.94. The zero-order chi connectivity index (χ0) is 24.7. The zero-order valence-corrected chi connectivity index (χ0v) is 22.7. The summed E-state index contributed by atoms with van der Waals surface area (Å²) in [6.45, 7) is 10.9. The molecule has 3 N–H and O–H groups in total. The minimum absolute atomic E-state index is 0.0437. The Morgan fingerprint density at radius 1 is 0.886 bits per heavy atom. The van der Waals surface area contributed by atoms with Gasteiger partial charge in [-0.25, -0.2) is 9.30 Å². The van der Waals surface area contributed by atoms with Crippen molar-refractivity contribution >= 4 is 47.1 Å². The molecule has 1 saturated heterocycles. The van der Waals surface area contributed by atoms with E-state index in [0.29, 0.717) is 5.96 Å². The topological polar surface area (TPSA) is 64.0 Å². The third kappa shape index (κ3) is 8.72. The van der Waals surface area contributed by atoms with Crippen molar-refractivity contribution in [2.24, 2.45) is 9.98 Å². The molecule has 0 aromatic heterocycles. The Hall–Kier alpha value is -2.26. The van der Waals surface area contributed by atoms with E-state index in [1.165, 1.54) is 24.2 Å². The van der Waals surface area contributed by atoms with Gasteiger partial charge in [0.25, 0.3) is 0 Å². The highest BCUT2D eigenvalue weighted by atomic mass is 32.2. The quantitative estimate of drug-likeness (QED) is 0.360. The number of rotatable bonds is 6. The largest absolute Gasteiger partial charge is 0.343 e. The molecule has 1 fully saturated rings. The van der Waals surface area contributed by atoms with Gasteiger partial charge in [-0.05, 0) is 106 Å². The lowest BCUT2D eigenvalue weighted by atomic mass is 10.1. The Morgan fingerprint density at radius 2 is 1.57 bits per heavy atom. The summed E-state index contributed by atoms with van der Waals surface area (Å²) >= 11 is 3.48. The van der Waals surface area contributed by atoms with Crippen molar-refractivity contribution in [3.8, 4) is 0 Å². The van der Waals surface area contributed by atoms with Crippen LogP contribution in [0.4, 0.5) is 11.4 Å². The van der Waals surface area contributed by atoms with Gasteiger partial charge < -0.3 is 10.6 Å². The van der Waals surface area contributed by atoms with Crippen LogP contribution >= 0.6 is 23.9 Å². The lowest BCUT2D eigenvalue weighted by Gasteiger charge is -2.25. The van der Waals surface area contributed by atoms with Crippen LogP contribution in [-0.2, 0) is 0 Å². The number of aliphatic imine (C=N–C) groups is 2. The van der Waals surface area contributed by atoms with Crippen LogP contribution in [0.5, 0.6) is 0 Å². The maximum absolute atomic E-state index is 4.83. The van der Waals surface area contributed by atoms with E-state index in [0.717, 1.165) is 47.2 Å². The molecule has 0 saturated carbocycles.